The lowest BCUT2D eigenvalue weighted by Gasteiger charge is -2.08. The zero-order valence-electron chi connectivity index (χ0n) is 16.2. The summed E-state index contributed by atoms with van der Waals surface area (Å²) in [4.78, 5) is 42.0. The number of hydrogen-bond acceptors (Lipinski definition) is 5. The minimum Gasteiger partial charge on any atom is -0.326 e. The number of aryl methyl sites for hydroxylation is 1. The Hall–Kier alpha value is -3.49. The molecule has 1 amide bonds. The molecule has 0 spiro atoms. The number of benzene rings is 2. The average molecular weight is 453 g/mol. The third kappa shape index (κ3) is 4.99. The number of thiazole rings is 1. The van der Waals surface area contributed by atoms with Crippen LogP contribution in [0.3, 0.4) is 0 Å². The van der Waals surface area contributed by atoms with Crippen molar-refractivity contribution in [1.29, 1.82) is 0 Å². The molecule has 2 heterocycles. The van der Waals surface area contributed by atoms with E-state index >= 15 is 0 Å². The van der Waals surface area contributed by atoms with Gasteiger partial charge in [0, 0.05) is 47.4 Å². The lowest BCUT2D eigenvalue weighted by Crippen LogP contribution is -2.29. The Kier molecular flexibility index (Phi) is 6.11. The molecular weight excluding hydrogens is 436 g/mol. The lowest BCUT2D eigenvalue weighted by molar-refractivity contribution is -0.116. The van der Waals surface area contributed by atoms with Crippen molar-refractivity contribution >= 4 is 34.5 Å². The molecular formula is C22H17ClN4O3S. The Morgan fingerprint density at radius 3 is 2.77 bits per heavy atom. The second-order valence-corrected chi connectivity index (χ2v) is 7.97. The van der Waals surface area contributed by atoms with Crippen molar-refractivity contribution in [2.75, 3.05) is 5.32 Å². The first-order chi connectivity index (χ1) is 15.0. The number of anilines is 1. The fourth-order valence-electron chi connectivity index (χ4n) is 2.99. The molecule has 2 N–H and O–H groups in total. The van der Waals surface area contributed by atoms with Gasteiger partial charge in [-0.15, -0.1) is 11.3 Å². The Labute approximate surface area is 186 Å². The Morgan fingerprint density at radius 2 is 1.97 bits per heavy atom. The monoisotopic (exact) mass is 452 g/mol. The number of nitrogens with zero attached hydrogens (tertiary/aromatic N) is 2. The number of rotatable bonds is 6. The highest BCUT2D eigenvalue weighted by Gasteiger charge is 2.11. The van der Waals surface area contributed by atoms with Crippen LogP contribution in [0.1, 0.15) is 6.42 Å². The number of aromatic nitrogens is 3. The number of H-pyrrole nitrogens is 1. The normalized spacial score (nSPS) is 10.7. The van der Waals surface area contributed by atoms with E-state index < -0.39 is 11.2 Å². The molecule has 4 aromatic rings. The first-order valence-corrected chi connectivity index (χ1v) is 10.7. The molecule has 0 atom stereocenters. The maximum Gasteiger partial charge on any atom is 0.328 e. The molecule has 0 aliphatic carbocycles. The average Bonchev–Trinajstić information content (AvgIpc) is 3.24. The first-order valence-electron chi connectivity index (χ1n) is 9.40. The van der Waals surface area contributed by atoms with E-state index in [-0.39, 0.29) is 18.9 Å². The largest absolute Gasteiger partial charge is 0.328 e. The minimum atomic E-state index is -0.542. The van der Waals surface area contributed by atoms with E-state index in [1.807, 2.05) is 47.8 Å². The van der Waals surface area contributed by atoms with Gasteiger partial charge in [-0.05, 0) is 18.2 Å². The third-order valence-electron chi connectivity index (χ3n) is 4.53. The number of hydrogen-bond donors (Lipinski definition) is 2. The van der Waals surface area contributed by atoms with Crippen LogP contribution < -0.4 is 16.6 Å². The van der Waals surface area contributed by atoms with E-state index in [0.717, 1.165) is 21.8 Å². The molecule has 9 heteroatoms. The van der Waals surface area contributed by atoms with Gasteiger partial charge in [-0.25, -0.2) is 9.78 Å². The van der Waals surface area contributed by atoms with E-state index in [1.165, 1.54) is 28.2 Å². The van der Waals surface area contributed by atoms with Crippen LogP contribution in [0.15, 0.2) is 75.8 Å². The molecule has 0 aliphatic heterocycles. The van der Waals surface area contributed by atoms with Crippen LogP contribution >= 0.6 is 22.9 Å². The number of aromatic amines is 1. The van der Waals surface area contributed by atoms with Gasteiger partial charge in [0.15, 0.2) is 0 Å². The summed E-state index contributed by atoms with van der Waals surface area (Å²) < 4.78 is 1.28. The summed E-state index contributed by atoms with van der Waals surface area (Å²) >= 11 is 7.77. The highest BCUT2D eigenvalue weighted by atomic mass is 35.5. The van der Waals surface area contributed by atoms with Crippen LogP contribution in [0.25, 0.3) is 21.8 Å². The summed E-state index contributed by atoms with van der Waals surface area (Å²) in [7, 11) is 0. The van der Waals surface area contributed by atoms with Gasteiger partial charge in [0.05, 0.1) is 10.7 Å². The summed E-state index contributed by atoms with van der Waals surface area (Å²) in [5.41, 5.74) is 2.15. The number of nitrogens with one attached hydrogen (secondary N) is 2. The van der Waals surface area contributed by atoms with Crippen molar-refractivity contribution in [2.45, 2.75) is 13.0 Å². The Bertz CT molecular complexity index is 1360. The molecule has 2 aromatic carbocycles. The Balaban J connectivity index is 1.45. The fraction of sp³-hybridized carbons (Fsp3) is 0.0909. The van der Waals surface area contributed by atoms with Crippen molar-refractivity contribution in [3.63, 3.8) is 0 Å². The number of carbonyl (C=O) groups is 1. The van der Waals surface area contributed by atoms with Gasteiger partial charge in [0.2, 0.25) is 5.91 Å². The van der Waals surface area contributed by atoms with Gasteiger partial charge in [-0.3, -0.25) is 14.6 Å². The zero-order valence-corrected chi connectivity index (χ0v) is 17.7. The maximum absolute atomic E-state index is 12.3. The smallest absolute Gasteiger partial charge is 0.326 e. The van der Waals surface area contributed by atoms with Gasteiger partial charge >= 0.3 is 5.69 Å². The molecule has 0 saturated heterocycles. The molecule has 0 aliphatic rings. The quantitative estimate of drug-likeness (QED) is 0.462. The topological polar surface area (TPSA) is 96.9 Å². The number of halogens is 1. The molecule has 0 bridgehead atoms. The van der Waals surface area contributed by atoms with Crippen LogP contribution in [0, 0.1) is 0 Å². The Morgan fingerprint density at radius 1 is 1.13 bits per heavy atom. The third-order valence-corrected chi connectivity index (χ3v) is 5.73. The highest BCUT2D eigenvalue weighted by Crippen LogP contribution is 2.33. The molecule has 156 valence electrons. The molecule has 2 aromatic heterocycles. The van der Waals surface area contributed by atoms with Gasteiger partial charge in [-0.1, -0.05) is 41.9 Å². The van der Waals surface area contributed by atoms with Crippen molar-refractivity contribution in [3.05, 3.63) is 92.0 Å². The summed E-state index contributed by atoms with van der Waals surface area (Å²) in [5, 5.41) is 6.24. The van der Waals surface area contributed by atoms with Gasteiger partial charge in [0.25, 0.3) is 5.56 Å². The maximum atomic E-state index is 12.3. The molecule has 0 unspecified atom stereocenters. The van der Waals surface area contributed by atoms with Crippen molar-refractivity contribution in [1.82, 2.24) is 14.5 Å². The minimum absolute atomic E-state index is 0.0868. The fourth-order valence-corrected chi connectivity index (χ4v) is 4.14. The van der Waals surface area contributed by atoms with E-state index in [9.17, 15) is 14.4 Å². The van der Waals surface area contributed by atoms with E-state index in [1.54, 1.807) is 6.07 Å². The molecule has 0 fully saturated rings. The van der Waals surface area contributed by atoms with Crippen molar-refractivity contribution < 1.29 is 4.79 Å². The standard InChI is InChI=1S/C22H17ClN4O3S/c23-17-7-2-1-6-16(17)21-25-18(13-31-21)14-4-3-5-15(12-14)24-19(28)8-10-27-11-9-20(29)26-22(27)30/h1-7,9,11-13H,8,10H2,(H,24,28)(H,26,29,30). The number of carbonyl (C=O) groups excluding carboxylic acids is 1. The van der Waals surface area contributed by atoms with Crippen LogP contribution in [0.5, 0.6) is 0 Å². The predicted molar refractivity (Wildman–Crippen MR) is 123 cm³/mol. The number of amides is 1. The summed E-state index contributed by atoms with van der Waals surface area (Å²) in [6.45, 7) is 0.161. The summed E-state index contributed by atoms with van der Waals surface area (Å²) in [5.74, 6) is -0.245. The summed E-state index contributed by atoms with van der Waals surface area (Å²) in [6.07, 6.45) is 1.46. The van der Waals surface area contributed by atoms with E-state index in [0.29, 0.717) is 10.7 Å². The van der Waals surface area contributed by atoms with Crippen LogP contribution in [-0.4, -0.2) is 20.4 Å². The predicted octanol–water partition coefficient (Wildman–Crippen LogP) is 4.01. The van der Waals surface area contributed by atoms with Gasteiger partial charge < -0.3 is 9.88 Å². The SMILES string of the molecule is O=C(CCn1ccc(=O)[nH]c1=O)Nc1cccc(-c2csc(-c3ccccc3Cl)n2)c1. The second-order valence-electron chi connectivity index (χ2n) is 6.70. The van der Waals surface area contributed by atoms with Crippen LogP contribution in [0.2, 0.25) is 5.02 Å². The van der Waals surface area contributed by atoms with Crippen molar-refractivity contribution in [2.24, 2.45) is 0 Å². The van der Waals surface area contributed by atoms with E-state index in [2.05, 4.69) is 15.3 Å². The van der Waals surface area contributed by atoms with Crippen LogP contribution in [-0.2, 0) is 11.3 Å². The first kappa shape index (κ1) is 20.8. The molecule has 31 heavy (non-hydrogen) atoms. The highest BCUT2D eigenvalue weighted by molar-refractivity contribution is 7.13. The lowest BCUT2D eigenvalue weighted by atomic mass is 10.1. The van der Waals surface area contributed by atoms with Crippen LogP contribution in [0.4, 0.5) is 5.69 Å². The van der Waals surface area contributed by atoms with Gasteiger partial charge in [-0.2, -0.15) is 0 Å². The summed E-state index contributed by atoms with van der Waals surface area (Å²) in [6, 6.07) is 16.2. The zero-order chi connectivity index (χ0) is 21.8. The molecule has 0 saturated carbocycles. The molecule has 7 nitrogen and oxygen atoms in total. The second kappa shape index (κ2) is 9.11. The van der Waals surface area contributed by atoms with Crippen molar-refractivity contribution in [3.8, 4) is 21.8 Å². The van der Waals surface area contributed by atoms with E-state index in [4.69, 9.17) is 11.6 Å². The van der Waals surface area contributed by atoms with Gasteiger partial charge in [0.1, 0.15) is 5.01 Å². The molecule has 0 radical (unpaired) electrons. The molecule has 4 rings (SSSR count).